The van der Waals surface area contributed by atoms with Gasteiger partial charge < -0.3 is 10.5 Å². The molecule has 1 heterocycles. The zero-order valence-corrected chi connectivity index (χ0v) is 6.69. The number of nitrogens with two attached hydrogens (primary N) is 1. The van der Waals surface area contributed by atoms with E-state index in [0.717, 1.165) is 0 Å². The lowest BCUT2D eigenvalue weighted by atomic mass is 10.1. The van der Waals surface area contributed by atoms with Gasteiger partial charge in [0.1, 0.15) is 0 Å². The van der Waals surface area contributed by atoms with E-state index in [0.29, 0.717) is 11.1 Å². The summed E-state index contributed by atoms with van der Waals surface area (Å²) in [6.45, 7) is 0. The van der Waals surface area contributed by atoms with Crippen molar-refractivity contribution >= 4 is 11.9 Å². The summed E-state index contributed by atoms with van der Waals surface area (Å²) >= 11 is 0. The Morgan fingerprint density at radius 2 is 2.08 bits per heavy atom. The van der Waals surface area contributed by atoms with Crippen molar-refractivity contribution in [3.8, 4) is 0 Å². The Bertz CT molecular complexity index is 386. The number of carbonyl (C=O) groups is 2. The molecule has 0 aliphatic carbocycles. The van der Waals surface area contributed by atoms with Crippen LogP contribution in [-0.2, 0) is 9.53 Å². The van der Waals surface area contributed by atoms with E-state index < -0.39 is 18.0 Å². The van der Waals surface area contributed by atoms with Gasteiger partial charge in [-0.1, -0.05) is 18.2 Å². The first-order valence-electron chi connectivity index (χ1n) is 3.79. The van der Waals surface area contributed by atoms with Crippen LogP contribution in [-0.4, -0.2) is 11.9 Å². The van der Waals surface area contributed by atoms with Crippen molar-refractivity contribution in [3.63, 3.8) is 0 Å². The fourth-order valence-electron chi connectivity index (χ4n) is 1.36. The molecule has 0 fully saturated rings. The topological polar surface area (TPSA) is 69.4 Å². The number of hydrogen-bond donors (Lipinski definition) is 1. The van der Waals surface area contributed by atoms with Gasteiger partial charge in [-0.3, -0.25) is 4.79 Å². The lowest BCUT2D eigenvalue weighted by Crippen LogP contribution is -2.21. The largest absolute Gasteiger partial charge is 0.444 e. The minimum atomic E-state index is -0.913. The number of fused-ring (bicyclic) bond motifs is 1. The highest BCUT2D eigenvalue weighted by Gasteiger charge is 2.34. The van der Waals surface area contributed by atoms with Crippen molar-refractivity contribution in [3.05, 3.63) is 35.4 Å². The quantitative estimate of drug-likeness (QED) is 0.630. The molecule has 1 aromatic carbocycles. The molecule has 13 heavy (non-hydrogen) atoms. The molecule has 0 aromatic heterocycles. The van der Waals surface area contributed by atoms with E-state index in [1.54, 1.807) is 24.3 Å². The molecule has 1 amide bonds. The third-order valence-electron chi connectivity index (χ3n) is 1.95. The monoisotopic (exact) mass is 177 g/mol. The fourth-order valence-corrected chi connectivity index (χ4v) is 1.36. The summed E-state index contributed by atoms with van der Waals surface area (Å²) in [5.74, 6) is -1.13. The van der Waals surface area contributed by atoms with E-state index in [2.05, 4.69) is 0 Å². The summed E-state index contributed by atoms with van der Waals surface area (Å²) in [6, 6.07) is 6.72. The Labute approximate surface area is 74.3 Å². The lowest BCUT2D eigenvalue weighted by Gasteiger charge is -2.03. The third kappa shape index (κ3) is 1.07. The lowest BCUT2D eigenvalue weighted by molar-refractivity contribution is -0.126. The Morgan fingerprint density at radius 1 is 1.38 bits per heavy atom. The first kappa shape index (κ1) is 7.79. The number of amides is 1. The molecule has 2 N–H and O–H groups in total. The summed E-state index contributed by atoms with van der Waals surface area (Å²) in [4.78, 5) is 22.0. The maximum Gasteiger partial charge on any atom is 0.339 e. The number of primary amides is 1. The van der Waals surface area contributed by atoms with Crippen LogP contribution in [0.15, 0.2) is 24.3 Å². The Morgan fingerprint density at radius 3 is 2.77 bits per heavy atom. The number of benzene rings is 1. The Balaban J connectivity index is 2.53. The number of cyclic esters (lactones) is 1. The van der Waals surface area contributed by atoms with Crippen molar-refractivity contribution < 1.29 is 14.3 Å². The summed E-state index contributed by atoms with van der Waals surface area (Å²) in [6.07, 6.45) is -0.913. The van der Waals surface area contributed by atoms with Crippen molar-refractivity contribution in [2.45, 2.75) is 6.10 Å². The molecule has 1 aromatic rings. The molecular weight excluding hydrogens is 170 g/mol. The van der Waals surface area contributed by atoms with Crippen LogP contribution in [0.1, 0.15) is 22.0 Å². The van der Waals surface area contributed by atoms with Gasteiger partial charge in [-0.15, -0.1) is 0 Å². The van der Waals surface area contributed by atoms with Gasteiger partial charge in [-0.25, -0.2) is 4.79 Å². The average Bonchev–Trinajstić information content (AvgIpc) is 2.45. The molecule has 0 saturated heterocycles. The molecule has 0 unspecified atom stereocenters. The van der Waals surface area contributed by atoms with Crippen LogP contribution < -0.4 is 5.73 Å². The minimum Gasteiger partial charge on any atom is -0.444 e. The highest BCUT2D eigenvalue weighted by atomic mass is 16.6. The van der Waals surface area contributed by atoms with Gasteiger partial charge in [0.15, 0.2) is 0 Å². The van der Waals surface area contributed by atoms with Crippen LogP contribution in [0.4, 0.5) is 0 Å². The molecule has 4 heteroatoms. The van der Waals surface area contributed by atoms with Crippen LogP contribution in [0.25, 0.3) is 0 Å². The van der Waals surface area contributed by atoms with E-state index in [9.17, 15) is 9.59 Å². The highest BCUT2D eigenvalue weighted by molar-refractivity contribution is 5.99. The first-order valence-corrected chi connectivity index (χ1v) is 3.79. The molecule has 0 bridgehead atoms. The molecular formula is C9H7NO3. The van der Waals surface area contributed by atoms with E-state index in [4.69, 9.17) is 10.5 Å². The molecule has 2 rings (SSSR count). The van der Waals surface area contributed by atoms with E-state index >= 15 is 0 Å². The van der Waals surface area contributed by atoms with Gasteiger partial charge in [-0.05, 0) is 6.07 Å². The standard InChI is InChI=1S/C9H7NO3/c10-8(11)7-5-3-1-2-4-6(5)9(12)13-7/h1-4,7H,(H2,10,11)/t7-/m0/s1. The number of ether oxygens (including phenoxy) is 1. The first-order chi connectivity index (χ1) is 6.20. The predicted molar refractivity (Wildman–Crippen MR) is 43.8 cm³/mol. The van der Waals surface area contributed by atoms with E-state index in [1.165, 1.54) is 0 Å². The summed E-state index contributed by atoms with van der Waals surface area (Å²) in [7, 11) is 0. The normalized spacial score (nSPS) is 19.4. The van der Waals surface area contributed by atoms with Gasteiger partial charge in [0, 0.05) is 5.56 Å². The van der Waals surface area contributed by atoms with Crippen molar-refractivity contribution in [1.29, 1.82) is 0 Å². The molecule has 0 radical (unpaired) electrons. The second-order valence-electron chi connectivity index (χ2n) is 2.77. The number of carbonyl (C=O) groups excluding carboxylic acids is 2. The van der Waals surface area contributed by atoms with Gasteiger partial charge >= 0.3 is 5.97 Å². The minimum absolute atomic E-state index is 0.423. The number of rotatable bonds is 1. The molecule has 1 aliphatic rings. The molecule has 66 valence electrons. The summed E-state index contributed by atoms with van der Waals surface area (Å²) in [5, 5.41) is 0. The average molecular weight is 177 g/mol. The smallest absolute Gasteiger partial charge is 0.339 e. The van der Waals surface area contributed by atoms with Crippen molar-refractivity contribution in [1.82, 2.24) is 0 Å². The Kier molecular flexibility index (Phi) is 1.55. The fraction of sp³-hybridized carbons (Fsp3) is 0.111. The molecule has 1 atom stereocenters. The van der Waals surface area contributed by atoms with Crippen LogP contribution in [0.2, 0.25) is 0 Å². The van der Waals surface area contributed by atoms with Crippen LogP contribution in [0.3, 0.4) is 0 Å². The Hall–Kier alpha value is -1.84. The zero-order valence-electron chi connectivity index (χ0n) is 6.69. The van der Waals surface area contributed by atoms with Crippen molar-refractivity contribution in [2.75, 3.05) is 0 Å². The summed E-state index contributed by atoms with van der Waals surface area (Å²) in [5.41, 5.74) is 6.04. The third-order valence-corrected chi connectivity index (χ3v) is 1.95. The molecule has 4 nitrogen and oxygen atoms in total. The molecule has 0 spiro atoms. The van der Waals surface area contributed by atoms with E-state index in [1.807, 2.05) is 0 Å². The highest BCUT2D eigenvalue weighted by Crippen LogP contribution is 2.29. The van der Waals surface area contributed by atoms with Crippen LogP contribution in [0, 0.1) is 0 Å². The van der Waals surface area contributed by atoms with E-state index in [-0.39, 0.29) is 0 Å². The van der Waals surface area contributed by atoms with Gasteiger partial charge in [-0.2, -0.15) is 0 Å². The van der Waals surface area contributed by atoms with Gasteiger partial charge in [0.05, 0.1) is 5.56 Å². The molecule has 0 saturated carbocycles. The van der Waals surface area contributed by atoms with Crippen molar-refractivity contribution in [2.24, 2.45) is 5.73 Å². The van der Waals surface area contributed by atoms with Crippen LogP contribution >= 0.6 is 0 Å². The number of esters is 1. The summed E-state index contributed by atoms with van der Waals surface area (Å²) < 4.78 is 4.78. The predicted octanol–water partition coefficient (Wildman–Crippen LogP) is 0.383. The second kappa shape index (κ2) is 2.58. The maximum atomic E-state index is 11.2. The van der Waals surface area contributed by atoms with Gasteiger partial charge in [0.25, 0.3) is 5.91 Å². The SMILES string of the molecule is NC(=O)[C@H]1OC(=O)c2ccccc21. The molecule has 1 aliphatic heterocycles. The van der Waals surface area contributed by atoms with Gasteiger partial charge in [0.2, 0.25) is 6.10 Å². The maximum absolute atomic E-state index is 11.2. The zero-order chi connectivity index (χ0) is 9.42. The van der Waals surface area contributed by atoms with Crippen LogP contribution in [0.5, 0.6) is 0 Å². The number of hydrogen-bond acceptors (Lipinski definition) is 3. The second-order valence-corrected chi connectivity index (χ2v) is 2.77.